The molecule has 118 valence electrons. The normalized spacial score (nSPS) is 33.4. The van der Waals surface area contributed by atoms with Crippen molar-refractivity contribution in [2.75, 3.05) is 5.73 Å². The van der Waals surface area contributed by atoms with Gasteiger partial charge in [-0.15, -0.1) is 0 Å². The Hall–Kier alpha value is -1.77. The van der Waals surface area contributed by atoms with Crippen molar-refractivity contribution in [3.05, 3.63) is 12.7 Å². The number of hydrogen-bond donors (Lipinski definition) is 1. The van der Waals surface area contributed by atoms with Gasteiger partial charge in [0.05, 0.1) is 12.4 Å². The van der Waals surface area contributed by atoms with Gasteiger partial charge in [0.25, 0.3) is 0 Å². The monoisotopic (exact) mass is 305 g/mol. The van der Waals surface area contributed by atoms with Gasteiger partial charge in [0, 0.05) is 0 Å². The van der Waals surface area contributed by atoms with E-state index < -0.39 is 5.79 Å². The van der Waals surface area contributed by atoms with Crippen molar-refractivity contribution in [3.8, 4) is 0 Å². The summed E-state index contributed by atoms with van der Waals surface area (Å²) in [5, 5.41) is 0. The Kier molecular flexibility index (Phi) is 2.91. The lowest BCUT2D eigenvalue weighted by Crippen LogP contribution is -2.28. The van der Waals surface area contributed by atoms with Crippen LogP contribution in [0.15, 0.2) is 12.7 Å². The van der Waals surface area contributed by atoms with E-state index in [0.29, 0.717) is 17.0 Å². The summed E-state index contributed by atoms with van der Waals surface area (Å²) in [7, 11) is 0. The van der Waals surface area contributed by atoms with Gasteiger partial charge in [0.15, 0.2) is 23.5 Å². The van der Waals surface area contributed by atoms with Crippen molar-refractivity contribution in [2.24, 2.45) is 0 Å². The molecule has 2 aliphatic heterocycles. The summed E-state index contributed by atoms with van der Waals surface area (Å²) in [6, 6.07) is 0. The molecule has 8 nitrogen and oxygen atoms in total. The minimum absolute atomic E-state index is 0.0200. The molecule has 0 bridgehead atoms. The molecular formula is C14H19N5O3. The molecule has 0 saturated carbocycles. The highest BCUT2D eigenvalue weighted by Gasteiger charge is 2.55. The Morgan fingerprint density at radius 3 is 2.77 bits per heavy atom. The van der Waals surface area contributed by atoms with Crippen molar-refractivity contribution in [1.82, 2.24) is 19.5 Å². The smallest absolute Gasteiger partial charge is 0.167 e. The maximum Gasteiger partial charge on any atom is 0.167 e. The molecule has 4 rings (SSSR count). The molecule has 2 aromatic heterocycles. The first-order chi connectivity index (χ1) is 10.5. The van der Waals surface area contributed by atoms with Gasteiger partial charge in [-0.3, -0.25) is 4.57 Å². The summed E-state index contributed by atoms with van der Waals surface area (Å²) in [5.41, 5.74) is 7.06. The molecule has 8 heteroatoms. The van der Waals surface area contributed by atoms with Crippen LogP contribution in [-0.2, 0) is 14.2 Å². The number of hydrogen-bond acceptors (Lipinski definition) is 7. The third-order valence-electron chi connectivity index (χ3n) is 4.19. The first kappa shape index (κ1) is 13.9. The van der Waals surface area contributed by atoms with Crippen LogP contribution in [-0.4, -0.2) is 43.6 Å². The Morgan fingerprint density at radius 2 is 2.00 bits per heavy atom. The van der Waals surface area contributed by atoms with Crippen molar-refractivity contribution < 1.29 is 14.2 Å². The molecule has 2 saturated heterocycles. The number of fused-ring (bicyclic) bond motifs is 2. The molecule has 4 heterocycles. The van der Waals surface area contributed by atoms with Gasteiger partial charge in [0.1, 0.15) is 24.1 Å². The van der Waals surface area contributed by atoms with Crippen molar-refractivity contribution in [3.63, 3.8) is 0 Å². The van der Waals surface area contributed by atoms with Crippen LogP contribution in [0.2, 0.25) is 0 Å². The zero-order valence-corrected chi connectivity index (χ0v) is 12.8. The first-order valence-electron chi connectivity index (χ1n) is 7.44. The predicted molar refractivity (Wildman–Crippen MR) is 77.8 cm³/mol. The third kappa shape index (κ3) is 1.91. The van der Waals surface area contributed by atoms with Gasteiger partial charge < -0.3 is 19.9 Å². The predicted octanol–water partition coefficient (Wildman–Crippen LogP) is 1.24. The number of anilines is 1. The van der Waals surface area contributed by atoms with Crippen LogP contribution in [0, 0.1) is 0 Å². The lowest BCUT2D eigenvalue weighted by molar-refractivity contribution is -0.196. The average Bonchev–Trinajstić information content (AvgIpc) is 3.10. The molecule has 0 aliphatic carbocycles. The van der Waals surface area contributed by atoms with E-state index in [-0.39, 0.29) is 24.5 Å². The Labute approximate surface area is 127 Å². The van der Waals surface area contributed by atoms with Crippen LogP contribution in [0.4, 0.5) is 5.82 Å². The standard InChI is InChI=1S/C14H19N5O3/c1-4-7-9-10(22-14(2,3)21-9)13(20-7)19-6-18-8-11(15)16-5-17-12(8)19/h5-7,9-10,13H,4H2,1-3H3,(H2,15,16,17)/t7?,9-,10?,13?/m1/s1. The van der Waals surface area contributed by atoms with Crippen LogP contribution in [0.5, 0.6) is 0 Å². The van der Waals surface area contributed by atoms with Gasteiger partial charge in [-0.1, -0.05) is 6.92 Å². The molecule has 0 radical (unpaired) electrons. The van der Waals surface area contributed by atoms with E-state index in [1.807, 2.05) is 18.4 Å². The Balaban J connectivity index is 1.77. The molecule has 22 heavy (non-hydrogen) atoms. The van der Waals surface area contributed by atoms with Gasteiger partial charge >= 0.3 is 0 Å². The number of rotatable bonds is 2. The Bertz CT molecular complexity index is 716. The molecule has 2 fully saturated rings. The number of nitrogen functional groups attached to an aromatic ring is 1. The minimum Gasteiger partial charge on any atom is -0.382 e. The lowest BCUT2D eigenvalue weighted by atomic mass is 10.1. The maximum atomic E-state index is 6.14. The second-order valence-corrected chi connectivity index (χ2v) is 6.12. The second-order valence-electron chi connectivity index (χ2n) is 6.12. The Morgan fingerprint density at radius 1 is 1.23 bits per heavy atom. The van der Waals surface area contributed by atoms with Crippen LogP contribution in [0.3, 0.4) is 0 Å². The highest BCUT2D eigenvalue weighted by molar-refractivity contribution is 5.81. The average molecular weight is 305 g/mol. The van der Waals surface area contributed by atoms with Crippen LogP contribution in [0.1, 0.15) is 33.4 Å². The van der Waals surface area contributed by atoms with Gasteiger partial charge in [-0.05, 0) is 20.3 Å². The van der Waals surface area contributed by atoms with Crippen molar-refractivity contribution >= 4 is 17.0 Å². The summed E-state index contributed by atoms with van der Waals surface area (Å²) >= 11 is 0. The fourth-order valence-electron chi connectivity index (χ4n) is 3.27. The fraction of sp³-hybridized carbons (Fsp3) is 0.643. The zero-order chi connectivity index (χ0) is 15.5. The van der Waals surface area contributed by atoms with Crippen molar-refractivity contribution in [1.29, 1.82) is 0 Å². The minimum atomic E-state index is -0.616. The topological polar surface area (TPSA) is 97.3 Å². The number of ether oxygens (including phenoxy) is 3. The summed E-state index contributed by atoms with van der Waals surface area (Å²) in [6.45, 7) is 5.91. The van der Waals surface area contributed by atoms with Crippen molar-refractivity contribution in [2.45, 2.75) is 57.5 Å². The van der Waals surface area contributed by atoms with E-state index in [4.69, 9.17) is 19.9 Å². The molecule has 2 aliphatic rings. The molecule has 0 spiro atoms. The van der Waals surface area contributed by atoms with E-state index in [2.05, 4.69) is 21.9 Å². The van der Waals surface area contributed by atoms with Crippen LogP contribution in [0.25, 0.3) is 11.2 Å². The van der Waals surface area contributed by atoms with Crippen LogP contribution < -0.4 is 5.73 Å². The first-order valence-corrected chi connectivity index (χ1v) is 7.44. The zero-order valence-electron chi connectivity index (χ0n) is 12.8. The molecule has 4 atom stereocenters. The molecule has 2 aromatic rings. The quantitative estimate of drug-likeness (QED) is 0.891. The third-order valence-corrected chi connectivity index (χ3v) is 4.19. The fourth-order valence-corrected chi connectivity index (χ4v) is 3.27. The summed E-state index contributed by atoms with van der Waals surface area (Å²) in [4.78, 5) is 12.5. The van der Waals surface area contributed by atoms with Gasteiger partial charge in [-0.2, -0.15) is 0 Å². The maximum absolute atomic E-state index is 6.14. The SMILES string of the molecule is CCC1OC(n2cnc3c(N)ncnc32)C2OC(C)(C)O[C@H]12. The summed E-state index contributed by atoms with van der Waals surface area (Å²) in [5.74, 6) is -0.260. The number of aromatic nitrogens is 4. The van der Waals surface area contributed by atoms with E-state index >= 15 is 0 Å². The molecule has 2 N–H and O–H groups in total. The molecule has 3 unspecified atom stereocenters. The molecular weight excluding hydrogens is 286 g/mol. The van der Waals surface area contributed by atoms with E-state index in [1.165, 1.54) is 6.33 Å². The number of imidazole rings is 1. The second kappa shape index (κ2) is 4.61. The van der Waals surface area contributed by atoms with Gasteiger partial charge in [-0.25, -0.2) is 15.0 Å². The van der Waals surface area contributed by atoms with Crippen LogP contribution >= 0.6 is 0 Å². The van der Waals surface area contributed by atoms with E-state index in [9.17, 15) is 0 Å². The summed E-state index contributed by atoms with van der Waals surface area (Å²) in [6.07, 6.45) is 3.29. The highest BCUT2D eigenvalue weighted by Crippen LogP contribution is 2.44. The van der Waals surface area contributed by atoms with E-state index in [0.717, 1.165) is 6.42 Å². The molecule has 0 aromatic carbocycles. The summed E-state index contributed by atoms with van der Waals surface area (Å²) < 4.78 is 20.0. The molecule has 0 amide bonds. The lowest BCUT2D eigenvalue weighted by Gasteiger charge is -2.24. The largest absolute Gasteiger partial charge is 0.382 e. The number of nitrogens with zero attached hydrogens (tertiary/aromatic N) is 4. The number of nitrogens with two attached hydrogens (primary N) is 1. The highest BCUT2D eigenvalue weighted by atomic mass is 16.8. The van der Waals surface area contributed by atoms with E-state index in [1.54, 1.807) is 6.33 Å². The van der Waals surface area contributed by atoms with Gasteiger partial charge in [0.2, 0.25) is 0 Å².